The lowest BCUT2D eigenvalue weighted by molar-refractivity contribution is -0.149. The average Bonchev–Trinajstić information content (AvgIpc) is 3.31. The van der Waals surface area contributed by atoms with Crippen LogP contribution in [0.1, 0.15) is 18.4 Å². The van der Waals surface area contributed by atoms with Crippen molar-refractivity contribution < 1.29 is 27.9 Å². The van der Waals surface area contributed by atoms with Crippen LogP contribution in [0.2, 0.25) is 0 Å². The molecule has 0 bridgehead atoms. The number of aromatic hydroxyl groups is 1. The summed E-state index contributed by atoms with van der Waals surface area (Å²) in [6.07, 6.45) is 1.52. The summed E-state index contributed by atoms with van der Waals surface area (Å²) in [6.45, 7) is -0.711. The van der Waals surface area contributed by atoms with Gasteiger partial charge in [0.2, 0.25) is 15.9 Å². The number of phenols is 1. The molecule has 0 aliphatic carbocycles. The molecule has 11 nitrogen and oxygen atoms in total. The molecule has 0 spiro atoms. The van der Waals surface area contributed by atoms with Crippen LogP contribution in [-0.2, 0) is 30.8 Å². The number of rotatable bonds is 6. The lowest BCUT2D eigenvalue weighted by Crippen LogP contribution is -2.64. The number of amides is 2. The standard InChI is InChI=1S/C21H22N4O7S/c22-20(30)21-16(9-11-24(21)18(28)8-5-13-3-6-14(26)7-4-13)25(12-17(21)27)33(31,32)15-2-1-10-23-19(15)29/h1-4,6-7,10,16,26H,5,8-9,11-12H2,(H2,22,30)(H,23,29). The topological polar surface area (TPSA) is 171 Å². The van der Waals surface area contributed by atoms with Crippen molar-refractivity contribution in [2.45, 2.75) is 35.7 Å². The molecule has 2 amide bonds. The number of ketones is 1. The first-order valence-electron chi connectivity index (χ1n) is 10.2. The number of phenolic OH excluding ortho intramolecular Hbond substituents is 1. The number of hydrogen-bond acceptors (Lipinski definition) is 7. The van der Waals surface area contributed by atoms with Gasteiger partial charge in [0, 0.05) is 19.2 Å². The first kappa shape index (κ1) is 22.7. The van der Waals surface area contributed by atoms with E-state index in [2.05, 4.69) is 4.98 Å². The van der Waals surface area contributed by atoms with Gasteiger partial charge in [0.25, 0.3) is 11.5 Å². The highest BCUT2D eigenvalue weighted by Gasteiger charge is 2.68. The van der Waals surface area contributed by atoms with E-state index in [4.69, 9.17) is 5.73 Å². The third-order valence-corrected chi connectivity index (χ3v) is 8.09. The monoisotopic (exact) mass is 474 g/mol. The number of likely N-dealkylation sites (tertiary alicyclic amines) is 1. The lowest BCUT2D eigenvalue weighted by Gasteiger charge is -2.34. The van der Waals surface area contributed by atoms with Crippen molar-refractivity contribution in [2.75, 3.05) is 13.1 Å². The Morgan fingerprint density at radius 3 is 2.52 bits per heavy atom. The number of sulfonamides is 1. The Labute approximate surface area is 188 Å². The van der Waals surface area contributed by atoms with Gasteiger partial charge in [-0.2, -0.15) is 4.31 Å². The zero-order chi connectivity index (χ0) is 24.0. The van der Waals surface area contributed by atoms with Crippen molar-refractivity contribution in [1.29, 1.82) is 0 Å². The third-order valence-electron chi connectivity index (χ3n) is 6.22. The predicted molar refractivity (Wildman–Crippen MR) is 114 cm³/mol. The van der Waals surface area contributed by atoms with E-state index in [1.54, 1.807) is 12.1 Å². The number of fused-ring (bicyclic) bond motifs is 1. The second-order valence-corrected chi connectivity index (χ2v) is 9.84. The van der Waals surface area contributed by atoms with Crippen LogP contribution in [0.5, 0.6) is 5.75 Å². The van der Waals surface area contributed by atoms with Gasteiger partial charge >= 0.3 is 0 Å². The summed E-state index contributed by atoms with van der Waals surface area (Å²) in [5, 5.41) is 9.38. The minimum absolute atomic E-state index is 0.0175. The number of carbonyl (C=O) groups is 3. The molecule has 1 aromatic carbocycles. The number of nitrogens with two attached hydrogens (primary N) is 1. The maximum atomic E-state index is 13.2. The summed E-state index contributed by atoms with van der Waals surface area (Å²) in [4.78, 5) is 53.7. The van der Waals surface area contributed by atoms with Gasteiger partial charge in [-0.25, -0.2) is 8.42 Å². The molecule has 3 heterocycles. The van der Waals surface area contributed by atoms with E-state index < -0.39 is 56.2 Å². The summed E-state index contributed by atoms with van der Waals surface area (Å²) >= 11 is 0. The van der Waals surface area contributed by atoms with Gasteiger partial charge in [-0.15, -0.1) is 0 Å². The Morgan fingerprint density at radius 1 is 1.18 bits per heavy atom. The number of benzene rings is 1. The molecule has 2 aromatic rings. The molecule has 174 valence electrons. The number of primary amides is 1. The minimum atomic E-state index is -4.44. The van der Waals surface area contributed by atoms with Crippen LogP contribution in [0, 0.1) is 0 Å². The molecule has 2 atom stereocenters. The summed E-state index contributed by atoms with van der Waals surface area (Å²) in [5.41, 5.74) is 3.39. The number of H-pyrrole nitrogens is 1. The summed E-state index contributed by atoms with van der Waals surface area (Å²) in [7, 11) is -4.44. The quantitative estimate of drug-likeness (QED) is 0.456. The Balaban J connectivity index is 1.64. The molecule has 33 heavy (non-hydrogen) atoms. The Bertz CT molecular complexity index is 1290. The summed E-state index contributed by atoms with van der Waals surface area (Å²) in [5.74, 6) is -2.34. The van der Waals surface area contributed by atoms with Gasteiger partial charge in [-0.1, -0.05) is 12.1 Å². The smallest absolute Gasteiger partial charge is 0.268 e. The van der Waals surface area contributed by atoms with Crippen LogP contribution in [-0.4, -0.2) is 70.0 Å². The number of Topliss-reactive ketones (excluding diaryl/α,β-unsaturated/α-hetero) is 1. The zero-order valence-corrected chi connectivity index (χ0v) is 18.2. The highest BCUT2D eigenvalue weighted by molar-refractivity contribution is 7.89. The number of pyridine rings is 1. The predicted octanol–water partition coefficient (Wildman–Crippen LogP) is -0.888. The molecule has 0 saturated carbocycles. The molecule has 1 aromatic heterocycles. The summed E-state index contributed by atoms with van der Waals surface area (Å²) in [6, 6.07) is 7.48. The van der Waals surface area contributed by atoms with E-state index in [1.807, 2.05) is 0 Å². The highest BCUT2D eigenvalue weighted by Crippen LogP contribution is 2.42. The fraction of sp³-hybridized carbons (Fsp3) is 0.333. The number of nitrogens with zero attached hydrogens (tertiary/aromatic N) is 2. The Kier molecular flexibility index (Phi) is 5.58. The lowest BCUT2D eigenvalue weighted by atomic mass is 9.89. The first-order valence-corrected chi connectivity index (χ1v) is 11.6. The van der Waals surface area contributed by atoms with Crippen LogP contribution in [0.25, 0.3) is 0 Å². The molecule has 0 radical (unpaired) electrons. The molecule has 4 rings (SSSR count). The normalized spacial score (nSPS) is 23.0. The number of nitrogens with one attached hydrogen (secondary N) is 1. The van der Waals surface area contributed by atoms with E-state index in [-0.39, 0.29) is 31.6 Å². The third kappa shape index (κ3) is 3.51. The summed E-state index contributed by atoms with van der Waals surface area (Å²) < 4.78 is 27.2. The number of aryl methyl sites for hydroxylation is 1. The first-order chi connectivity index (χ1) is 15.6. The van der Waals surface area contributed by atoms with Gasteiger partial charge in [0.05, 0.1) is 12.6 Å². The molecule has 2 unspecified atom stereocenters. The number of aromatic amines is 1. The van der Waals surface area contributed by atoms with Gasteiger partial charge in [-0.3, -0.25) is 19.2 Å². The molecule has 2 aliphatic rings. The van der Waals surface area contributed by atoms with E-state index in [0.29, 0.717) is 0 Å². The molecular weight excluding hydrogens is 452 g/mol. The van der Waals surface area contributed by atoms with Crippen molar-refractivity contribution in [3.63, 3.8) is 0 Å². The van der Waals surface area contributed by atoms with Crippen molar-refractivity contribution in [3.8, 4) is 5.75 Å². The molecule has 2 saturated heterocycles. The maximum absolute atomic E-state index is 13.2. The van der Waals surface area contributed by atoms with Crippen molar-refractivity contribution >= 4 is 27.6 Å². The van der Waals surface area contributed by atoms with Gasteiger partial charge in [0.15, 0.2) is 11.3 Å². The molecular formula is C21H22N4O7S. The Morgan fingerprint density at radius 2 is 1.88 bits per heavy atom. The average molecular weight is 474 g/mol. The van der Waals surface area contributed by atoms with Gasteiger partial charge in [-0.05, 0) is 42.7 Å². The largest absolute Gasteiger partial charge is 0.508 e. The second-order valence-electron chi connectivity index (χ2n) is 7.98. The van der Waals surface area contributed by atoms with Crippen molar-refractivity contribution in [3.05, 3.63) is 58.5 Å². The minimum Gasteiger partial charge on any atom is -0.508 e. The molecule has 2 fully saturated rings. The SMILES string of the molecule is NC(=O)C12C(=O)CN(S(=O)(=O)c3ccc[nH]c3=O)C1CCN2C(=O)CCc1ccc(O)cc1. The highest BCUT2D eigenvalue weighted by atomic mass is 32.2. The van der Waals surface area contributed by atoms with Crippen LogP contribution in [0.4, 0.5) is 0 Å². The van der Waals surface area contributed by atoms with E-state index in [1.165, 1.54) is 24.4 Å². The number of aromatic nitrogens is 1. The van der Waals surface area contributed by atoms with E-state index in [0.717, 1.165) is 20.8 Å². The molecule has 12 heteroatoms. The number of carbonyl (C=O) groups excluding carboxylic acids is 3. The van der Waals surface area contributed by atoms with E-state index in [9.17, 15) is 32.7 Å². The van der Waals surface area contributed by atoms with Crippen LogP contribution >= 0.6 is 0 Å². The fourth-order valence-electron chi connectivity index (χ4n) is 4.67. The zero-order valence-electron chi connectivity index (χ0n) is 17.4. The van der Waals surface area contributed by atoms with Crippen LogP contribution in [0.15, 0.2) is 52.3 Å². The van der Waals surface area contributed by atoms with Crippen molar-refractivity contribution in [2.24, 2.45) is 5.73 Å². The number of hydrogen-bond donors (Lipinski definition) is 3. The maximum Gasteiger partial charge on any atom is 0.268 e. The fourth-order valence-corrected chi connectivity index (χ4v) is 6.35. The second kappa shape index (κ2) is 8.12. The van der Waals surface area contributed by atoms with Gasteiger partial charge in [0.1, 0.15) is 10.6 Å². The van der Waals surface area contributed by atoms with Crippen LogP contribution < -0.4 is 11.3 Å². The van der Waals surface area contributed by atoms with Crippen LogP contribution in [0.3, 0.4) is 0 Å². The van der Waals surface area contributed by atoms with Crippen molar-refractivity contribution in [1.82, 2.24) is 14.2 Å². The van der Waals surface area contributed by atoms with Gasteiger partial charge < -0.3 is 20.7 Å². The van der Waals surface area contributed by atoms with E-state index >= 15 is 0 Å². The molecule has 2 aliphatic heterocycles. The molecule has 4 N–H and O–H groups in total. The Hall–Kier alpha value is -3.51.